The summed E-state index contributed by atoms with van der Waals surface area (Å²) < 4.78 is 11.3. The summed E-state index contributed by atoms with van der Waals surface area (Å²) in [5.74, 6) is 3.12. The number of Topliss-reactive ketones (excluding diaryl/α,β-unsaturated/α-hetero) is 1. The maximum Gasteiger partial charge on any atom is 0.187 e. The van der Waals surface area contributed by atoms with Crippen molar-refractivity contribution in [3.63, 3.8) is 0 Å². The highest BCUT2D eigenvalue weighted by Gasteiger charge is 2.26. The maximum atomic E-state index is 13.1. The van der Waals surface area contributed by atoms with Gasteiger partial charge in [-0.15, -0.1) is 0 Å². The molecule has 0 saturated carbocycles. The molecule has 0 N–H and O–H groups in total. The molecule has 0 bridgehead atoms. The number of hydrogen-bond acceptors (Lipinski definition) is 4. The molecule has 0 unspecified atom stereocenters. The lowest BCUT2D eigenvalue weighted by Crippen LogP contribution is -2.37. The van der Waals surface area contributed by atoms with Crippen LogP contribution in [0.5, 0.6) is 0 Å². The van der Waals surface area contributed by atoms with Crippen molar-refractivity contribution in [2.45, 2.75) is 20.4 Å². The second kappa shape index (κ2) is 7.87. The molecular weight excluding hydrogens is 350 g/mol. The van der Waals surface area contributed by atoms with Crippen LogP contribution >= 0.6 is 0 Å². The van der Waals surface area contributed by atoms with Gasteiger partial charge in [0.15, 0.2) is 5.78 Å². The molecule has 1 aliphatic rings. The minimum atomic E-state index is 0.0485. The highest BCUT2D eigenvalue weighted by atomic mass is 16.3. The Bertz CT molecular complexity index is 975. The second-order valence-corrected chi connectivity index (χ2v) is 7.20. The van der Waals surface area contributed by atoms with Crippen LogP contribution in [0.1, 0.15) is 28.6 Å². The SMILES string of the molecule is Cc1ccc(/C=C2/CN(Cc3ccccc3)C/C(=C/c3ccc(C)o3)C2=O)o1. The summed E-state index contributed by atoms with van der Waals surface area (Å²) in [6.07, 6.45) is 3.71. The number of carbonyl (C=O) groups is 1. The number of piperidine rings is 1. The van der Waals surface area contributed by atoms with Crippen LogP contribution < -0.4 is 0 Å². The zero-order valence-corrected chi connectivity index (χ0v) is 16.1. The van der Waals surface area contributed by atoms with Crippen LogP contribution in [0.25, 0.3) is 12.2 Å². The van der Waals surface area contributed by atoms with Gasteiger partial charge in [0.25, 0.3) is 0 Å². The van der Waals surface area contributed by atoms with Crippen molar-refractivity contribution < 1.29 is 13.6 Å². The van der Waals surface area contributed by atoms with E-state index >= 15 is 0 Å². The highest BCUT2D eigenvalue weighted by Crippen LogP contribution is 2.24. The van der Waals surface area contributed by atoms with Crippen LogP contribution in [0.15, 0.2) is 74.6 Å². The molecule has 1 aliphatic heterocycles. The Hall–Kier alpha value is -3.11. The summed E-state index contributed by atoms with van der Waals surface area (Å²) in [5, 5.41) is 0. The van der Waals surface area contributed by atoms with Crippen LogP contribution in [-0.4, -0.2) is 23.8 Å². The fourth-order valence-corrected chi connectivity index (χ4v) is 3.47. The largest absolute Gasteiger partial charge is 0.462 e. The van der Waals surface area contributed by atoms with Gasteiger partial charge in [-0.2, -0.15) is 0 Å². The van der Waals surface area contributed by atoms with Crippen molar-refractivity contribution in [3.05, 3.63) is 94.3 Å². The van der Waals surface area contributed by atoms with E-state index in [4.69, 9.17) is 8.83 Å². The van der Waals surface area contributed by atoms with E-state index in [1.807, 2.05) is 68.5 Å². The van der Waals surface area contributed by atoms with Crippen LogP contribution in [0.2, 0.25) is 0 Å². The molecule has 1 aromatic carbocycles. The van der Waals surface area contributed by atoms with Crippen LogP contribution in [-0.2, 0) is 11.3 Å². The molecule has 4 rings (SSSR count). The maximum absolute atomic E-state index is 13.1. The average molecular weight is 373 g/mol. The van der Waals surface area contributed by atoms with E-state index in [0.29, 0.717) is 24.6 Å². The number of nitrogens with zero attached hydrogens (tertiary/aromatic N) is 1. The van der Waals surface area contributed by atoms with Gasteiger partial charge < -0.3 is 8.83 Å². The lowest BCUT2D eigenvalue weighted by molar-refractivity contribution is -0.113. The number of rotatable bonds is 4. The third kappa shape index (κ3) is 4.24. The summed E-state index contributed by atoms with van der Waals surface area (Å²) in [7, 11) is 0. The number of likely N-dealkylation sites (tertiary alicyclic amines) is 1. The minimum Gasteiger partial charge on any atom is -0.462 e. The normalized spacial score (nSPS) is 18.3. The molecule has 0 atom stereocenters. The molecule has 0 spiro atoms. The zero-order valence-electron chi connectivity index (χ0n) is 16.1. The molecule has 4 nitrogen and oxygen atoms in total. The van der Waals surface area contributed by atoms with Crippen molar-refractivity contribution in [2.75, 3.05) is 13.1 Å². The summed E-state index contributed by atoms with van der Waals surface area (Å²) in [6, 6.07) is 17.9. The Balaban J connectivity index is 1.66. The fraction of sp³-hybridized carbons (Fsp3) is 0.208. The molecule has 0 radical (unpaired) electrons. The first-order valence-electron chi connectivity index (χ1n) is 9.42. The van der Waals surface area contributed by atoms with E-state index < -0.39 is 0 Å². The van der Waals surface area contributed by atoms with Crippen LogP contribution in [0.3, 0.4) is 0 Å². The van der Waals surface area contributed by atoms with E-state index in [1.165, 1.54) is 5.56 Å². The molecule has 0 aliphatic carbocycles. The van der Waals surface area contributed by atoms with Gasteiger partial charge in [0.2, 0.25) is 0 Å². The number of carbonyl (C=O) groups excluding carboxylic acids is 1. The molecule has 3 aromatic rings. The number of benzene rings is 1. The standard InChI is InChI=1S/C24H23NO3/c1-17-8-10-22(27-17)12-20-15-25(14-19-6-4-3-5-7-19)16-21(24(20)26)13-23-11-9-18(2)28-23/h3-13H,14-16H2,1-2H3/b20-12-,21-13-. The summed E-state index contributed by atoms with van der Waals surface area (Å²) >= 11 is 0. The molecule has 1 saturated heterocycles. The smallest absolute Gasteiger partial charge is 0.187 e. The zero-order chi connectivity index (χ0) is 19.5. The van der Waals surface area contributed by atoms with Gasteiger partial charge in [0, 0.05) is 30.8 Å². The van der Waals surface area contributed by atoms with Gasteiger partial charge in [-0.3, -0.25) is 9.69 Å². The fourth-order valence-electron chi connectivity index (χ4n) is 3.47. The lowest BCUT2D eigenvalue weighted by atomic mass is 9.95. The number of aryl methyl sites for hydroxylation is 2. The predicted octanol–water partition coefficient (Wildman–Crippen LogP) is 5.04. The van der Waals surface area contributed by atoms with E-state index in [0.717, 1.165) is 29.2 Å². The Morgan fingerprint density at radius 1 is 0.821 bits per heavy atom. The number of ketones is 1. The topological polar surface area (TPSA) is 46.6 Å². The van der Waals surface area contributed by atoms with Crippen LogP contribution in [0, 0.1) is 13.8 Å². The molecule has 142 valence electrons. The first-order chi connectivity index (χ1) is 13.6. The van der Waals surface area contributed by atoms with Gasteiger partial charge in [0.05, 0.1) is 0 Å². The third-order valence-electron chi connectivity index (χ3n) is 4.78. The first kappa shape index (κ1) is 18.3. The molecule has 28 heavy (non-hydrogen) atoms. The Labute approximate surface area is 164 Å². The van der Waals surface area contributed by atoms with Crippen molar-refractivity contribution >= 4 is 17.9 Å². The van der Waals surface area contributed by atoms with Crippen molar-refractivity contribution in [1.82, 2.24) is 4.90 Å². The van der Waals surface area contributed by atoms with E-state index in [9.17, 15) is 4.79 Å². The van der Waals surface area contributed by atoms with Gasteiger partial charge in [-0.1, -0.05) is 30.3 Å². The highest BCUT2D eigenvalue weighted by molar-refractivity contribution is 6.14. The first-order valence-corrected chi connectivity index (χ1v) is 9.42. The second-order valence-electron chi connectivity index (χ2n) is 7.20. The summed E-state index contributed by atoms with van der Waals surface area (Å²) in [6.45, 7) is 5.75. The predicted molar refractivity (Wildman–Crippen MR) is 110 cm³/mol. The number of furan rings is 2. The van der Waals surface area contributed by atoms with E-state index in [1.54, 1.807) is 0 Å². The third-order valence-corrected chi connectivity index (χ3v) is 4.78. The summed E-state index contributed by atoms with van der Waals surface area (Å²) in [5.41, 5.74) is 2.68. The quantitative estimate of drug-likeness (QED) is 0.601. The number of hydrogen-bond donors (Lipinski definition) is 0. The Morgan fingerprint density at radius 3 is 1.82 bits per heavy atom. The van der Waals surface area contributed by atoms with Gasteiger partial charge in [0.1, 0.15) is 23.0 Å². The van der Waals surface area contributed by atoms with Crippen molar-refractivity contribution in [2.24, 2.45) is 0 Å². The Morgan fingerprint density at radius 2 is 1.36 bits per heavy atom. The Kier molecular flexibility index (Phi) is 5.13. The summed E-state index contributed by atoms with van der Waals surface area (Å²) in [4.78, 5) is 15.4. The van der Waals surface area contributed by atoms with Crippen molar-refractivity contribution in [3.8, 4) is 0 Å². The van der Waals surface area contributed by atoms with Gasteiger partial charge >= 0.3 is 0 Å². The molecular formula is C24H23NO3. The van der Waals surface area contributed by atoms with Crippen molar-refractivity contribution in [1.29, 1.82) is 0 Å². The van der Waals surface area contributed by atoms with E-state index in [2.05, 4.69) is 17.0 Å². The molecule has 4 heteroatoms. The molecule has 3 heterocycles. The van der Waals surface area contributed by atoms with E-state index in [-0.39, 0.29) is 5.78 Å². The minimum absolute atomic E-state index is 0.0485. The molecule has 0 amide bonds. The lowest BCUT2D eigenvalue weighted by Gasteiger charge is -2.29. The average Bonchev–Trinajstić information content (AvgIpc) is 3.27. The monoisotopic (exact) mass is 373 g/mol. The molecule has 2 aromatic heterocycles. The van der Waals surface area contributed by atoms with Crippen LogP contribution in [0.4, 0.5) is 0 Å². The molecule has 1 fully saturated rings. The van der Waals surface area contributed by atoms with Gasteiger partial charge in [-0.25, -0.2) is 0 Å². The van der Waals surface area contributed by atoms with Gasteiger partial charge in [-0.05, 0) is 55.8 Å².